The summed E-state index contributed by atoms with van der Waals surface area (Å²) in [5, 5.41) is 12.9. The van der Waals surface area contributed by atoms with Crippen LogP contribution in [-0.2, 0) is 0 Å². The van der Waals surface area contributed by atoms with E-state index < -0.39 is 6.09 Å². The third-order valence-electron chi connectivity index (χ3n) is 3.34. The molecule has 1 aliphatic rings. The highest BCUT2D eigenvalue weighted by atomic mass is 35.5. The Hall–Kier alpha value is -1.62. The van der Waals surface area contributed by atoms with Gasteiger partial charge in [0.05, 0.1) is 16.4 Å². The number of amides is 1. The third kappa shape index (κ3) is 3.44. The lowest BCUT2D eigenvalue weighted by atomic mass is 10.1. The second kappa shape index (κ2) is 6.02. The molecule has 6 heteroatoms. The minimum absolute atomic E-state index is 0.0424. The second-order valence-corrected chi connectivity index (χ2v) is 5.18. The maximum Gasteiger partial charge on any atom is 0.407 e. The Balaban J connectivity index is 2.11. The van der Waals surface area contributed by atoms with Crippen molar-refractivity contribution in [2.24, 2.45) is 0 Å². The number of carboxylic acid groups (broad SMARTS) is 1. The van der Waals surface area contributed by atoms with Gasteiger partial charge >= 0.3 is 6.09 Å². The van der Waals surface area contributed by atoms with Crippen LogP contribution in [0, 0.1) is 0 Å². The Kier molecular flexibility index (Phi) is 4.37. The van der Waals surface area contributed by atoms with Gasteiger partial charge in [-0.05, 0) is 31.4 Å². The van der Waals surface area contributed by atoms with Gasteiger partial charge in [0, 0.05) is 19.1 Å². The summed E-state index contributed by atoms with van der Waals surface area (Å²) in [5.41, 5.74) is 7.17. The molecule has 0 radical (unpaired) electrons. The Morgan fingerprint density at radius 2 is 2.26 bits per heavy atom. The number of para-hydroxylation sites is 1. The van der Waals surface area contributed by atoms with Gasteiger partial charge in [-0.15, -0.1) is 0 Å². The van der Waals surface area contributed by atoms with Gasteiger partial charge in [0.25, 0.3) is 0 Å². The number of hydrogen-bond donors (Lipinski definition) is 3. The van der Waals surface area contributed by atoms with Gasteiger partial charge in [-0.1, -0.05) is 17.7 Å². The molecule has 0 aliphatic carbocycles. The molecule has 0 aromatic heterocycles. The number of likely N-dealkylation sites (tertiary alicyclic amines) is 1. The Morgan fingerprint density at radius 3 is 2.95 bits per heavy atom. The maximum absolute atomic E-state index is 11.1. The van der Waals surface area contributed by atoms with Gasteiger partial charge in [0.1, 0.15) is 0 Å². The lowest BCUT2D eigenvalue weighted by molar-refractivity contribution is 0.146. The number of anilines is 2. The molecule has 5 nitrogen and oxygen atoms in total. The van der Waals surface area contributed by atoms with E-state index in [1.807, 2.05) is 0 Å². The summed E-state index contributed by atoms with van der Waals surface area (Å²) in [6, 6.07) is 5.38. The quantitative estimate of drug-likeness (QED) is 0.729. The lowest BCUT2D eigenvalue weighted by Gasteiger charge is -2.24. The Bertz CT molecular complexity index is 447. The fourth-order valence-electron chi connectivity index (χ4n) is 2.33. The molecule has 1 atom stereocenters. The Labute approximate surface area is 117 Å². The molecule has 0 saturated carbocycles. The smallest absolute Gasteiger partial charge is 0.407 e. The van der Waals surface area contributed by atoms with Crippen molar-refractivity contribution in [2.45, 2.75) is 25.3 Å². The monoisotopic (exact) mass is 283 g/mol. The second-order valence-electron chi connectivity index (χ2n) is 4.77. The first kappa shape index (κ1) is 13.8. The summed E-state index contributed by atoms with van der Waals surface area (Å²) in [7, 11) is 0. The summed E-state index contributed by atoms with van der Waals surface area (Å²) >= 11 is 6.12. The first-order valence-electron chi connectivity index (χ1n) is 6.36. The molecule has 0 bridgehead atoms. The van der Waals surface area contributed by atoms with Crippen molar-refractivity contribution in [3.63, 3.8) is 0 Å². The topological polar surface area (TPSA) is 78.6 Å². The van der Waals surface area contributed by atoms with Crippen LogP contribution in [0.5, 0.6) is 0 Å². The minimum atomic E-state index is -0.874. The van der Waals surface area contributed by atoms with Gasteiger partial charge < -0.3 is 21.1 Å². The molecule has 4 N–H and O–H groups in total. The maximum atomic E-state index is 11.1. The van der Waals surface area contributed by atoms with Crippen LogP contribution in [0.3, 0.4) is 0 Å². The molecule has 1 fully saturated rings. The molecular formula is C13H18ClN3O2. The molecule has 104 valence electrons. The zero-order valence-corrected chi connectivity index (χ0v) is 11.4. The molecular weight excluding hydrogens is 266 g/mol. The van der Waals surface area contributed by atoms with E-state index in [1.165, 1.54) is 4.90 Å². The number of rotatable bonds is 2. The first-order chi connectivity index (χ1) is 9.08. The van der Waals surface area contributed by atoms with Crippen LogP contribution in [0.15, 0.2) is 18.2 Å². The molecule has 1 amide bonds. The lowest BCUT2D eigenvalue weighted by Crippen LogP contribution is -2.38. The number of hydrogen-bond acceptors (Lipinski definition) is 3. The molecule has 1 aromatic carbocycles. The van der Waals surface area contributed by atoms with E-state index in [4.69, 9.17) is 22.4 Å². The number of nitrogens with two attached hydrogens (primary N) is 1. The summed E-state index contributed by atoms with van der Waals surface area (Å²) in [6.45, 7) is 1.05. The van der Waals surface area contributed by atoms with Gasteiger partial charge in [-0.2, -0.15) is 0 Å². The highest BCUT2D eigenvalue weighted by molar-refractivity contribution is 6.33. The average molecular weight is 284 g/mol. The van der Waals surface area contributed by atoms with Crippen molar-refractivity contribution >= 4 is 29.1 Å². The predicted octanol–water partition coefficient (Wildman–Crippen LogP) is 2.87. The molecule has 0 unspecified atom stereocenters. The number of nitrogens with one attached hydrogen (secondary N) is 1. The van der Waals surface area contributed by atoms with E-state index in [-0.39, 0.29) is 6.04 Å². The predicted molar refractivity (Wildman–Crippen MR) is 76.7 cm³/mol. The fourth-order valence-corrected chi connectivity index (χ4v) is 2.57. The van der Waals surface area contributed by atoms with Crippen LogP contribution in [0.2, 0.25) is 5.02 Å². The number of nitrogen functional groups attached to an aromatic ring is 1. The zero-order chi connectivity index (χ0) is 13.8. The average Bonchev–Trinajstić information content (AvgIpc) is 2.59. The van der Waals surface area contributed by atoms with Crippen molar-refractivity contribution in [3.8, 4) is 0 Å². The zero-order valence-electron chi connectivity index (χ0n) is 10.6. The number of halogens is 1. The van der Waals surface area contributed by atoms with Gasteiger partial charge in [-0.25, -0.2) is 4.79 Å². The van der Waals surface area contributed by atoms with E-state index in [0.717, 1.165) is 19.3 Å². The summed E-state index contributed by atoms with van der Waals surface area (Å²) in [5.74, 6) is 0. The van der Waals surface area contributed by atoms with Gasteiger partial charge in [-0.3, -0.25) is 0 Å². The molecule has 1 saturated heterocycles. The molecule has 1 aliphatic heterocycles. The molecule has 1 aromatic rings. The minimum Gasteiger partial charge on any atom is -0.465 e. The SMILES string of the molecule is Nc1cccc(Cl)c1N[C@@H]1CCCCN(C(=O)O)C1. The van der Waals surface area contributed by atoms with Gasteiger partial charge in [0.15, 0.2) is 0 Å². The van der Waals surface area contributed by atoms with E-state index in [2.05, 4.69) is 5.32 Å². The van der Waals surface area contributed by atoms with Crippen LogP contribution in [0.4, 0.5) is 16.2 Å². The molecule has 2 rings (SSSR count). The van der Waals surface area contributed by atoms with E-state index in [9.17, 15) is 4.79 Å². The highest BCUT2D eigenvalue weighted by Crippen LogP contribution is 2.29. The van der Waals surface area contributed by atoms with E-state index >= 15 is 0 Å². The van der Waals surface area contributed by atoms with E-state index in [0.29, 0.717) is 29.5 Å². The van der Waals surface area contributed by atoms with Crippen LogP contribution in [0.25, 0.3) is 0 Å². The van der Waals surface area contributed by atoms with Crippen molar-refractivity contribution < 1.29 is 9.90 Å². The first-order valence-corrected chi connectivity index (χ1v) is 6.74. The largest absolute Gasteiger partial charge is 0.465 e. The third-order valence-corrected chi connectivity index (χ3v) is 3.65. The standard InChI is InChI=1S/C13H18ClN3O2/c14-10-5-3-6-11(15)12(10)16-9-4-1-2-7-17(8-9)13(18)19/h3,5-6,9,16H,1-2,4,7-8,15H2,(H,18,19)/t9-/m1/s1. The molecule has 19 heavy (non-hydrogen) atoms. The fraction of sp³-hybridized carbons (Fsp3) is 0.462. The van der Waals surface area contributed by atoms with E-state index in [1.54, 1.807) is 18.2 Å². The Morgan fingerprint density at radius 1 is 1.47 bits per heavy atom. The summed E-state index contributed by atoms with van der Waals surface area (Å²) in [6.07, 6.45) is 1.92. The summed E-state index contributed by atoms with van der Waals surface area (Å²) in [4.78, 5) is 12.5. The van der Waals surface area contributed by atoms with Gasteiger partial charge in [0.2, 0.25) is 0 Å². The number of nitrogens with zero attached hydrogens (tertiary/aromatic N) is 1. The van der Waals surface area contributed by atoms with Crippen molar-refractivity contribution in [1.29, 1.82) is 0 Å². The van der Waals surface area contributed by atoms with Crippen LogP contribution < -0.4 is 11.1 Å². The van der Waals surface area contributed by atoms with Crippen LogP contribution in [-0.4, -0.2) is 35.2 Å². The van der Waals surface area contributed by atoms with Crippen molar-refractivity contribution in [1.82, 2.24) is 4.90 Å². The number of benzene rings is 1. The number of carbonyl (C=O) groups is 1. The molecule has 1 heterocycles. The van der Waals surface area contributed by atoms with Crippen molar-refractivity contribution in [2.75, 3.05) is 24.1 Å². The highest BCUT2D eigenvalue weighted by Gasteiger charge is 2.22. The van der Waals surface area contributed by atoms with Crippen LogP contribution >= 0.6 is 11.6 Å². The molecule has 0 spiro atoms. The normalized spacial score (nSPS) is 19.8. The van der Waals surface area contributed by atoms with Crippen molar-refractivity contribution in [3.05, 3.63) is 23.2 Å². The summed E-state index contributed by atoms with van der Waals surface area (Å²) < 4.78 is 0. The van der Waals surface area contributed by atoms with Crippen LogP contribution in [0.1, 0.15) is 19.3 Å².